The fourth-order valence-corrected chi connectivity index (χ4v) is 2.63. The second kappa shape index (κ2) is 5.24. The molecule has 1 heterocycles. The Balaban J connectivity index is 2.08. The van der Waals surface area contributed by atoms with E-state index in [1.807, 2.05) is 6.92 Å². The molecule has 0 aliphatic heterocycles. The van der Waals surface area contributed by atoms with Crippen molar-refractivity contribution in [2.75, 3.05) is 6.61 Å². The first kappa shape index (κ1) is 13.3. The molecule has 1 aliphatic rings. The van der Waals surface area contributed by atoms with E-state index in [1.54, 1.807) is 12.1 Å². The molecule has 1 amide bonds. The van der Waals surface area contributed by atoms with Crippen LogP contribution in [0.15, 0.2) is 18.3 Å². The van der Waals surface area contributed by atoms with E-state index in [4.69, 9.17) is 11.6 Å². The zero-order valence-electron chi connectivity index (χ0n) is 10.3. The van der Waals surface area contributed by atoms with Crippen LogP contribution in [0.4, 0.5) is 0 Å². The quantitative estimate of drug-likeness (QED) is 0.825. The summed E-state index contributed by atoms with van der Waals surface area (Å²) in [7, 11) is 0. The molecule has 0 saturated heterocycles. The molecule has 0 spiro atoms. The summed E-state index contributed by atoms with van der Waals surface area (Å²) >= 11 is 5.76. The van der Waals surface area contributed by atoms with Gasteiger partial charge in [0.2, 0.25) is 0 Å². The average molecular weight is 269 g/mol. The monoisotopic (exact) mass is 268 g/mol. The van der Waals surface area contributed by atoms with Crippen LogP contribution in [0.5, 0.6) is 0 Å². The van der Waals surface area contributed by atoms with Crippen molar-refractivity contribution in [3.8, 4) is 0 Å². The SMILES string of the molecule is CC1(CO)CCCC1NC(=O)c1ccnc(Cl)c1. The number of carbonyl (C=O) groups excluding carboxylic acids is 1. The van der Waals surface area contributed by atoms with Crippen LogP contribution in [-0.4, -0.2) is 28.6 Å². The number of aliphatic hydroxyl groups is 1. The highest BCUT2D eigenvalue weighted by Gasteiger charge is 2.39. The molecule has 1 aliphatic carbocycles. The van der Waals surface area contributed by atoms with Gasteiger partial charge in [-0.15, -0.1) is 0 Å². The molecule has 1 fully saturated rings. The molecule has 0 aromatic carbocycles. The van der Waals surface area contributed by atoms with Crippen LogP contribution in [0.2, 0.25) is 5.15 Å². The molecule has 98 valence electrons. The van der Waals surface area contributed by atoms with E-state index in [0.29, 0.717) is 10.7 Å². The molecule has 1 saturated carbocycles. The Morgan fingerprint density at radius 1 is 1.72 bits per heavy atom. The first-order valence-electron chi connectivity index (χ1n) is 6.08. The predicted molar refractivity (Wildman–Crippen MR) is 69.5 cm³/mol. The number of halogens is 1. The summed E-state index contributed by atoms with van der Waals surface area (Å²) < 4.78 is 0. The van der Waals surface area contributed by atoms with E-state index in [9.17, 15) is 9.90 Å². The lowest BCUT2D eigenvalue weighted by molar-refractivity contribution is 0.0830. The van der Waals surface area contributed by atoms with Crippen LogP contribution in [0.1, 0.15) is 36.5 Å². The van der Waals surface area contributed by atoms with Gasteiger partial charge in [-0.2, -0.15) is 0 Å². The number of pyridine rings is 1. The molecule has 1 aromatic heterocycles. The smallest absolute Gasteiger partial charge is 0.251 e. The molecule has 4 nitrogen and oxygen atoms in total. The van der Waals surface area contributed by atoms with Crippen LogP contribution >= 0.6 is 11.6 Å². The lowest BCUT2D eigenvalue weighted by atomic mass is 9.85. The molecule has 0 radical (unpaired) electrons. The molecule has 2 N–H and O–H groups in total. The Bertz CT molecular complexity index is 452. The molecule has 2 rings (SSSR count). The van der Waals surface area contributed by atoms with Crippen molar-refractivity contribution in [2.45, 2.75) is 32.2 Å². The van der Waals surface area contributed by atoms with Gasteiger partial charge in [0, 0.05) is 23.2 Å². The molecule has 1 aromatic rings. The highest BCUT2D eigenvalue weighted by molar-refractivity contribution is 6.29. The van der Waals surface area contributed by atoms with Gasteiger partial charge in [-0.25, -0.2) is 4.98 Å². The molecule has 2 unspecified atom stereocenters. The molecule has 5 heteroatoms. The zero-order valence-corrected chi connectivity index (χ0v) is 11.1. The van der Waals surface area contributed by atoms with Crippen molar-refractivity contribution < 1.29 is 9.90 Å². The van der Waals surface area contributed by atoms with Gasteiger partial charge in [0.1, 0.15) is 5.15 Å². The lowest BCUT2D eigenvalue weighted by Crippen LogP contribution is -2.44. The van der Waals surface area contributed by atoms with Gasteiger partial charge in [0.05, 0.1) is 6.61 Å². The zero-order chi connectivity index (χ0) is 13.2. The van der Waals surface area contributed by atoms with Crippen LogP contribution < -0.4 is 5.32 Å². The van der Waals surface area contributed by atoms with Crippen molar-refractivity contribution in [3.05, 3.63) is 29.0 Å². The summed E-state index contributed by atoms with van der Waals surface area (Å²) in [4.78, 5) is 15.9. The van der Waals surface area contributed by atoms with Gasteiger partial charge in [-0.05, 0) is 25.0 Å². The molecular weight excluding hydrogens is 252 g/mol. The minimum atomic E-state index is -0.216. The van der Waals surface area contributed by atoms with Gasteiger partial charge in [-0.3, -0.25) is 4.79 Å². The molecule has 2 atom stereocenters. The number of nitrogens with zero attached hydrogens (tertiary/aromatic N) is 1. The van der Waals surface area contributed by atoms with Gasteiger partial charge in [-0.1, -0.05) is 24.9 Å². The van der Waals surface area contributed by atoms with Crippen LogP contribution in [0.3, 0.4) is 0 Å². The van der Waals surface area contributed by atoms with Crippen molar-refractivity contribution in [1.29, 1.82) is 0 Å². The van der Waals surface area contributed by atoms with E-state index >= 15 is 0 Å². The maximum Gasteiger partial charge on any atom is 0.251 e. The Hall–Kier alpha value is -1.13. The number of aromatic nitrogens is 1. The Kier molecular flexibility index (Phi) is 3.88. The van der Waals surface area contributed by atoms with Crippen LogP contribution in [0, 0.1) is 5.41 Å². The summed E-state index contributed by atoms with van der Waals surface area (Å²) in [6.07, 6.45) is 4.38. The minimum absolute atomic E-state index is 0.0157. The summed E-state index contributed by atoms with van der Waals surface area (Å²) in [6.45, 7) is 2.10. The molecule has 0 bridgehead atoms. The van der Waals surface area contributed by atoms with Crippen LogP contribution in [-0.2, 0) is 0 Å². The van der Waals surface area contributed by atoms with E-state index in [2.05, 4.69) is 10.3 Å². The number of amides is 1. The van der Waals surface area contributed by atoms with E-state index in [1.165, 1.54) is 6.20 Å². The molecule has 18 heavy (non-hydrogen) atoms. The molecular formula is C13H17ClN2O2. The lowest BCUT2D eigenvalue weighted by Gasteiger charge is -2.30. The van der Waals surface area contributed by atoms with Crippen molar-refractivity contribution >= 4 is 17.5 Å². The van der Waals surface area contributed by atoms with Crippen LogP contribution in [0.25, 0.3) is 0 Å². The number of rotatable bonds is 3. The maximum atomic E-state index is 12.1. The largest absolute Gasteiger partial charge is 0.396 e. The third-order valence-corrected chi connectivity index (χ3v) is 3.94. The highest BCUT2D eigenvalue weighted by Crippen LogP contribution is 2.37. The Labute approximate surface area is 111 Å². The summed E-state index contributed by atoms with van der Waals surface area (Å²) in [5.41, 5.74) is 0.286. The van der Waals surface area contributed by atoms with Gasteiger partial charge >= 0.3 is 0 Å². The number of carbonyl (C=O) groups is 1. The van der Waals surface area contributed by atoms with Crippen molar-refractivity contribution in [2.24, 2.45) is 5.41 Å². The number of hydrogen-bond acceptors (Lipinski definition) is 3. The normalized spacial score (nSPS) is 27.2. The summed E-state index contributed by atoms with van der Waals surface area (Å²) in [5.74, 6) is -0.161. The van der Waals surface area contributed by atoms with Gasteiger partial charge in [0.25, 0.3) is 5.91 Å². The number of nitrogens with one attached hydrogen (secondary N) is 1. The third kappa shape index (κ3) is 2.65. The fraction of sp³-hybridized carbons (Fsp3) is 0.538. The van der Waals surface area contributed by atoms with E-state index in [0.717, 1.165) is 19.3 Å². The summed E-state index contributed by atoms with van der Waals surface area (Å²) in [6, 6.07) is 3.19. The average Bonchev–Trinajstić information content (AvgIpc) is 2.72. The first-order valence-corrected chi connectivity index (χ1v) is 6.46. The number of aliphatic hydroxyl groups excluding tert-OH is 1. The maximum absolute atomic E-state index is 12.1. The van der Waals surface area contributed by atoms with E-state index < -0.39 is 0 Å². The second-order valence-corrected chi connectivity index (χ2v) is 5.48. The topological polar surface area (TPSA) is 62.2 Å². The predicted octanol–water partition coefficient (Wildman–Crippen LogP) is 2.02. The minimum Gasteiger partial charge on any atom is -0.396 e. The Morgan fingerprint density at radius 3 is 3.17 bits per heavy atom. The third-order valence-electron chi connectivity index (χ3n) is 3.74. The highest BCUT2D eigenvalue weighted by atomic mass is 35.5. The Morgan fingerprint density at radius 2 is 2.50 bits per heavy atom. The van der Waals surface area contributed by atoms with Gasteiger partial charge in [0.15, 0.2) is 0 Å². The standard InChI is InChI=1S/C13H17ClN2O2/c1-13(8-17)5-2-3-10(13)16-12(18)9-4-6-15-11(14)7-9/h4,6-7,10,17H,2-3,5,8H2,1H3,(H,16,18). The summed E-state index contributed by atoms with van der Waals surface area (Å²) in [5, 5.41) is 12.7. The van der Waals surface area contributed by atoms with Gasteiger partial charge < -0.3 is 10.4 Å². The van der Waals surface area contributed by atoms with E-state index in [-0.39, 0.29) is 24.0 Å². The first-order chi connectivity index (χ1) is 8.55. The fourth-order valence-electron chi connectivity index (χ4n) is 2.45. The van der Waals surface area contributed by atoms with Crippen molar-refractivity contribution in [1.82, 2.24) is 10.3 Å². The number of hydrogen-bond donors (Lipinski definition) is 2. The second-order valence-electron chi connectivity index (χ2n) is 5.10. The van der Waals surface area contributed by atoms with Crippen molar-refractivity contribution in [3.63, 3.8) is 0 Å².